The summed E-state index contributed by atoms with van der Waals surface area (Å²) in [5.74, 6) is 0.114. The maximum atomic E-state index is 11.7. The van der Waals surface area contributed by atoms with E-state index in [1.807, 2.05) is 0 Å². The van der Waals surface area contributed by atoms with Crippen LogP contribution in [0.2, 0.25) is 0 Å². The van der Waals surface area contributed by atoms with Crippen LogP contribution in [0.4, 0.5) is 5.69 Å². The number of carbonyl (C=O) groups is 1. The highest BCUT2D eigenvalue weighted by molar-refractivity contribution is 5.84. The molecule has 1 amide bonds. The van der Waals surface area contributed by atoms with Gasteiger partial charge in [0.25, 0.3) is 5.91 Å². The lowest BCUT2D eigenvalue weighted by atomic mass is 10.2. The number of benzene rings is 2. The average Bonchev–Trinajstić information content (AvgIpc) is 2.61. The van der Waals surface area contributed by atoms with Gasteiger partial charge in [-0.2, -0.15) is 5.10 Å². The molecular weight excluding hydrogens is 330 g/mol. The van der Waals surface area contributed by atoms with Gasteiger partial charge in [0.1, 0.15) is 11.5 Å². The highest BCUT2D eigenvalue weighted by atomic mass is 16.6. The van der Waals surface area contributed by atoms with Crippen molar-refractivity contribution >= 4 is 17.8 Å². The van der Waals surface area contributed by atoms with Crippen molar-refractivity contribution in [3.8, 4) is 17.2 Å². The third-order valence-electron chi connectivity index (χ3n) is 3.01. The maximum absolute atomic E-state index is 11.7. The van der Waals surface area contributed by atoms with E-state index in [2.05, 4.69) is 10.5 Å². The van der Waals surface area contributed by atoms with Gasteiger partial charge < -0.3 is 14.6 Å². The van der Waals surface area contributed by atoms with Gasteiger partial charge in [-0.3, -0.25) is 14.9 Å². The minimum absolute atomic E-state index is 0.264. The molecule has 0 aliphatic rings. The van der Waals surface area contributed by atoms with Crippen LogP contribution in [0, 0.1) is 10.1 Å². The van der Waals surface area contributed by atoms with Crippen LogP contribution in [0.1, 0.15) is 5.56 Å². The second-order valence-electron chi connectivity index (χ2n) is 4.77. The molecule has 0 aliphatic carbocycles. The van der Waals surface area contributed by atoms with Crippen LogP contribution < -0.4 is 14.9 Å². The SMILES string of the molecule is COc1cccc(OCC(=O)N/N=C/c2ccc(O)c([N+](=O)[O-])c2)c1. The molecule has 2 aromatic carbocycles. The summed E-state index contributed by atoms with van der Waals surface area (Å²) in [6.45, 7) is -0.264. The first-order chi connectivity index (χ1) is 12.0. The van der Waals surface area contributed by atoms with E-state index in [0.29, 0.717) is 17.1 Å². The standard InChI is InChI=1S/C16H15N3O6/c1-24-12-3-2-4-13(8-12)25-10-16(21)18-17-9-11-5-6-15(20)14(7-11)19(22)23/h2-9,20H,10H2,1H3,(H,18,21)/b17-9+. The number of aromatic hydroxyl groups is 1. The Bertz CT molecular complexity index is 806. The molecule has 0 atom stereocenters. The maximum Gasteiger partial charge on any atom is 0.311 e. The van der Waals surface area contributed by atoms with Crippen LogP contribution in [0.5, 0.6) is 17.2 Å². The number of nitro groups is 1. The molecule has 9 heteroatoms. The summed E-state index contributed by atoms with van der Waals surface area (Å²) < 4.78 is 10.3. The minimum Gasteiger partial charge on any atom is -0.502 e. The second-order valence-corrected chi connectivity index (χ2v) is 4.77. The molecule has 0 heterocycles. The number of phenols is 1. The highest BCUT2D eigenvalue weighted by Gasteiger charge is 2.12. The normalized spacial score (nSPS) is 10.4. The van der Waals surface area contributed by atoms with E-state index < -0.39 is 22.3 Å². The van der Waals surface area contributed by atoms with E-state index in [0.717, 1.165) is 6.07 Å². The Balaban J connectivity index is 1.88. The zero-order valence-electron chi connectivity index (χ0n) is 13.2. The molecule has 0 radical (unpaired) electrons. The second kappa shape index (κ2) is 8.29. The molecule has 2 aromatic rings. The van der Waals surface area contributed by atoms with E-state index in [1.54, 1.807) is 24.3 Å². The number of nitrogens with one attached hydrogen (secondary N) is 1. The van der Waals surface area contributed by atoms with Crippen molar-refractivity contribution in [2.45, 2.75) is 0 Å². The van der Waals surface area contributed by atoms with Gasteiger partial charge in [0.15, 0.2) is 12.4 Å². The van der Waals surface area contributed by atoms with Gasteiger partial charge in [-0.15, -0.1) is 0 Å². The Morgan fingerprint density at radius 3 is 2.80 bits per heavy atom. The topological polar surface area (TPSA) is 123 Å². The third-order valence-corrected chi connectivity index (χ3v) is 3.01. The van der Waals surface area contributed by atoms with Crippen LogP contribution >= 0.6 is 0 Å². The van der Waals surface area contributed by atoms with Crippen molar-refractivity contribution in [1.82, 2.24) is 5.43 Å². The van der Waals surface area contributed by atoms with Gasteiger partial charge in [-0.05, 0) is 24.3 Å². The number of amides is 1. The Morgan fingerprint density at radius 2 is 2.08 bits per heavy atom. The third kappa shape index (κ3) is 5.20. The van der Waals surface area contributed by atoms with E-state index in [-0.39, 0.29) is 6.61 Å². The summed E-state index contributed by atoms with van der Waals surface area (Å²) in [7, 11) is 1.52. The van der Waals surface area contributed by atoms with Crippen molar-refractivity contribution in [3.05, 3.63) is 58.1 Å². The number of methoxy groups -OCH3 is 1. The molecule has 0 fully saturated rings. The van der Waals surface area contributed by atoms with Crippen molar-refractivity contribution < 1.29 is 24.3 Å². The summed E-state index contributed by atoms with van der Waals surface area (Å²) in [6, 6.07) is 10.5. The zero-order valence-corrected chi connectivity index (χ0v) is 13.2. The van der Waals surface area contributed by atoms with E-state index in [9.17, 15) is 20.0 Å². The van der Waals surface area contributed by atoms with Crippen LogP contribution in [-0.4, -0.2) is 35.9 Å². The van der Waals surface area contributed by atoms with Gasteiger partial charge in [0.05, 0.1) is 18.2 Å². The number of hydrogen-bond acceptors (Lipinski definition) is 7. The molecule has 0 saturated heterocycles. The molecule has 0 aliphatic heterocycles. The molecule has 0 bridgehead atoms. The number of phenolic OH excluding ortho intramolecular Hbond substituents is 1. The lowest BCUT2D eigenvalue weighted by molar-refractivity contribution is -0.385. The van der Waals surface area contributed by atoms with Crippen molar-refractivity contribution in [1.29, 1.82) is 0 Å². The minimum atomic E-state index is -0.715. The quantitative estimate of drug-likeness (QED) is 0.448. The number of hydrazone groups is 1. The molecular formula is C16H15N3O6. The van der Waals surface area contributed by atoms with Crippen LogP contribution in [0.25, 0.3) is 0 Å². The molecule has 0 saturated carbocycles. The summed E-state index contributed by atoms with van der Waals surface area (Å²) in [5.41, 5.74) is 2.13. The summed E-state index contributed by atoms with van der Waals surface area (Å²) in [5, 5.41) is 23.8. The summed E-state index contributed by atoms with van der Waals surface area (Å²) in [6.07, 6.45) is 1.22. The van der Waals surface area contributed by atoms with Crippen molar-refractivity contribution in [2.75, 3.05) is 13.7 Å². The zero-order chi connectivity index (χ0) is 18.2. The van der Waals surface area contributed by atoms with E-state index in [1.165, 1.54) is 25.5 Å². The largest absolute Gasteiger partial charge is 0.502 e. The Hall–Kier alpha value is -3.62. The molecule has 25 heavy (non-hydrogen) atoms. The van der Waals surface area contributed by atoms with Gasteiger partial charge >= 0.3 is 5.69 Å². The first-order valence-corrected chi connectivity index (χ1v) is 7.06. The van der Waals surface area contributed by atoms with Crippen LogP contribution in [0.15, 0.2) is 47.6 Å². The fourth-order valence-corrected chi connectivity index (χ4v) is 1.82. The average molecular weight is 345 g/mol. The van der Waals surface area contributed by atoms with E-state index in [4.69, 9.17) is 9.47 Å². The number of rotatable bonds is 7. The highest BCUT2D eigenvalue weighted by Crippen LogP contribution is 2.25. The Morgan fingerprint density at radius 1 is 1.32 bits per heavy atom. The number of nitrogens with zero attached hydrogens (tertiary/aromatic N) is 2. The van der Waals surface area contributed by atoms with Crippen LogP contribution in [-0.2, 0) is 4.79 Å². The number of carbonyl (C=O) groups excluding carboxylic acids is 1. The van der Waals surface area contributed by atoms with Crippen molar-refractivity contribution in [3.63, 3.8) is 0 Å². The fourth-order valence-electron chi connectivity index (χ4n) is 1.82. The first kappa shape index (κ1) is 17.7. The van der Waals surface area contributed by atoms with Crippen LogP contribution in [0.3, 0.4) is 0 Å². The predicted octanol–water partition coefficient (Wildman–Crippen LogP) is 1.84. The lowest BCUT2D eigenvalue weighted by Crippen LogP contribution is -2.24. The Labute approximate surface area is 142 Å². The molecule has 0 aromatic heterocycles. The monoisotopic (exact) mass is 345 g/mol. The number of ether oxygens (including phenoxy) is 2. The summed E-state index contributed by atoms with van der Waals surface area (Å²) in [4.78, 5) is 21.7. The van der Waals surface area contributed by atoms with Crippen molar-refractivity contribution in [2.24, 2.45) is 5.10 Å². The molecule has 130 valence electrons. The van der Waals surface area contributed by atoms with Gasteiger partial charge in [-0.25, -0.2) is 5.43 Å². The van der Waals surface area contributed by atoms with E-state index >= 15 is 0 Å². The predicted molar refractivity (Wildman–Crippen MR) is 89.0 cm³/mol. The Kier molecular flexibility index (Phi) is 5.88. The summed E-state index contributed by atoms with van der Waals surface area (Å²) >= 11 is 0. The molecule has 2 rings (SSSR count). The van der Waals surface area contributed by atoms with Gasteiger partial charge in [-0.1, -0.05) is 6.07 Å². The molecule has 0 unspecified atom stereocenters. The molecule has 0 spiro atoms. The first-order valence-electron chi connectivity index (χ1n) is 7.06. The number of hydrogen-bond donors (Lipinski definition) is 2. The number of nitro benzene ring substituents is 1. The molecule has 2 N–H and O–H groups in total. The molecule has 9 nitrogen and oxygen atoms in total. The lowest BCUT2D eigenvalue weighted by Gasteiger charge is -2.06. The van der Waals surface area contributed by atoms with Gasteiger partial charge in [0.2, 0.25) is 0 Å². The fraction of sp³-hybridized carbons (Fsp3) is 0.125. The smallest absolute Gasteiger partial charge is 0.311 e. The van der Waals surface area contributed by atoms with Gasteiger partial charge in [0, 0.05) is 17.7 Å².